The molecule has 6 rings (SSSR count). The zero-order valence-electron chi connectivity index (χ0n) is 15.4. The van der Waals surface area contributed by atoms with Gasteiger partial charge in [0.25, 0.3) is 0 Å². The lowest BCUT2D eigenvalue weighted by molar-refractivity contribution is -0.121. The lowest BCUT2D eigenvalue weighted by Gasteiger charge is -2.23. The first-order valence-corrected chi connectivity index (χ1v) is 9.20. The summed E-state index contributed by atoms with van der Waals surface area (Å²) in [6.45, 7) is 0.315. The van der Waals surface area contributed by atoms with Gasteiger partial charge in [0, 0.05) is 41.7 Å². The van der Waals surface area contributed by atoms with Gasteiger partial charge in [0.05, 0.1) is 0 Å². The second-order valence-corrected chi connectivity index (χ2v) is 7.33. The van der Waals surface area contributed by atoms with Crippen LogP contribution < -0.4 is 19.1 Å². The summed E-state index contributed by atoms with van der Waals surface area (Å²) < 4.78 is 30.4. The second-order valence-electron chi connectivity index (χ2n) is 7.33. The molecule has 3 aliphatic rings. The van der Waals surface area contributed by atoms with Crippen molar-refractivity contribution in [2.75, 3.05) is 25.3 Å². The van der Waals surface area contributed by atoms with Gasteiger partial charge in [-0.1, -0.05) is 12.1 Å². The zero-order chi connectivity index (χ0) is 19.8. The van der Waals surface area contributed by atoms with Crippen molar-refractivity contribution in [2.45, 2.75) is 5.41 Å². The number of benzene rings is 2. The monoisotopic (exact) mass is 390 g/mol. The molecule has 29 heavy (non-hydrogen) atoms. The van der Waals surface area contributed by atoms with Gasteiger partial charge in [-0.3, -0.25) is 4.79 Å². The Morgan fingerprint density at radius 1 is 1.07 bits per heavy atom. The van der Waals surface area contributed by atoms with E-state index in [1.165, 1.54) is 12.3 Å². The molecule has 144 valence electrons. The molecule has 0 N–H and O–H groups in total. The molecule has 1 unspecified atom stereocenters. The fourth-order valence-electron chi connectivity index (χ4n) is 4.57. The summed E-state index contributed by atoms with van der Waals surface area (Å²) in [5.74, 6) is 1.18. The topological polar surface area (TPSA) is 60.9 Å². The van der Waals surface area contributed by atoms with Crippen molar-refractivity contribution in [3.63, 3.8) is 0 Å². The number of hydrogen-bond acceptors (Lipinski definition) is 5. The average molecular weight is 390 g/mol. The second kappa shape index (κ2) is 5.47. The number of carbonyl (C=O) groups is 1. The number of amides is 1. The Hall–Kier alpha value is -3.61. The van der Waals surface area contributed by atoms with Crippen LogP contribution in [0.4, 0.5) is 10.1 Å². The molecule has 0 bridgehead atoms. The van der Waals surface area contributed by atoms with E-state index in [1.807, 2.05) is 24.3 Å². The van der Waals surface area contributed by atoms with E-state index in [0.29, 0.717) is 17.2 Å². The van der Waals surface area contributed by atoms with E-state index in [2.05, 4.69) is 4.98 Å². The van der Waals surface area contributed by atoms with Crippen LogP contribution in [0.3, 0.4) is 0 Å². The number of aromatic nitrogens is 1. The van der Waals surface area contributed by atoms with E-state index in [-0.39, 0.29) is 19.3 Å². The van der Waals surface area contributed by atoms with Gasteiger partial charge in [0.15, 0.2) is 11.5 Å². The molecule has 3 aliphatic heterocycles. The highest BCUT2D eigenvalue weighted by Gasteiger charge is 2.57. The first kappa shape index (κ1) is 16.4. The molecule has 1 aromatic heterocycles. The fraction of sp³-hybridized carbons (Fsp3) is 0.182. The maximum atomic E-state index is 13.6. The first-order chi connectivity index (χ1) is 14.1. The SMILES string of the molecule is CN1C(=O)C2(COc3cc4c(cc32)OCO4)c2c(-c3ccc(F)nc3)cccc21. The van der Waals surface area contributed by atoms with Gasteiger partial charge in [0.2, 0.25) is 18.6 Å². The minimum atomic E-state index is -1.01. The van der Waals surface area contributed by atoms with E-state index < -0.39 is 11.4 Å². The Kier molecular flexibility index (Phi) is 3.08. The van der Waals surface area contributed by atoms with Crippen LogP contribution in [0.25, 0.3) is 11.1 Å². The molecule has 0 saturated heterocycles. The molecule has 1 spiro atoms. The fourth-order valence-corrected chi connectivity index (χ4v) is 4.57. The van der Waals surface area contributed by atoms with Crippen molar-refractivity contribution in [1.82, 2.24) is 4.98 Å². The predicted molar refractivity (Wildman–Crippen MR) is 102 cm³/mol. The quantitative estimate of drug-likeness (QED) is 0.597. The number of hydrogen-bond donors (Lipinski definition) is 0. The number of nitrogens with zero attached hydrogens (tertiary/aromatic N) is 2. The van der Waals surface area contributed by atoms with Gasteiger partial charge < -0.3 is 19.1 Å². The van der Waals surface area contributed by atoms with Crippen LogP contribution in [-0.2, 0) is 10.2 Å². The van der Waals surface area contributed by atoms with Crippen molar-refractivity contribution in [1.29, 1.82) is 0 Å². The van der Waals surface area contributed by atoms with Gasteiger partial charge in [-0.15, -0.1) is 0 Å². The summed E-state index contributed by atoms with van der Waals surface area (Å²) in [6, 6.07) is 12.3. The number of likely N-dealkylation sites (N-methyl/N-ethyl adjacent to an activating group) is 1. The van der Waals surface area contributed by atoms with E-state index in [4.69, 9.17) is 14.2 Å². The Morgan fingerprint density at radius 2 is 1.90 bits per heavy atom. The Balaban J connectivity index is 1.64. The number of anilines is 1. The van der Waals surface area contributed by atoms with Crippen molar-refractivity contribution in [2.24, 2.45) is 0 Å². The maximum Gasteiger partial charge on any atom is 0.245 e. The molecule has 3 aromatic rings. The van der Waals surface area contributed by atoms with E-state index >= 15 is 0 Å². The van der Waals surface area contributed by atoms with Crippen LogP contribution >= 0.6 is 0 Å². The summed E-state index contributed by atoms with van der Waals surface area (Å²) in [5, 5.41) is 0. The van der Waals surface area contributed by atoms with Crippen LogP contribution in [0.15, 0.2) is 48.7 Å². The third kappa shape index (κ3) is 1.99. The zero-order valence-corrected chi connectivity index (χ0v) is 15.4. The summed E-state index contributed by atoms with van der Waals surface area (Å²) in [4.78, 5) is 19.0. The predicted octanol–water partition coefficient (Wildman–Crippen LogP) is 3.27. The molecule has 0 fully saturated rings. The molecule has 2 aromatic carbocycles. The van der Waals surface area contributed by atoms with Crippen LogP contribution in [-0.4, -0.2) is 31.3 Å². The lowest BCUT2D eigenvalue weighted by Crippen LogP contribution is -2.41. The van der Waals surface area contributed by atoms with Gasteiger partial charge in [-0.2, -0.15) is 4.39 Å². The summed E-state index contributed by atoms with van der Waals surface area (Å²) in [5.41, 5.74) is 2.93. The Morgan fingerprint density at radius 3 is 2.69 bits per heavy atom. The van der Waals surface area contributed by atoms with Crippen molar-refractivity contribution < 1.29 is 23.4 Å². The standard InChI is InChI=1S/C22H15FN2O4/c1-25-15-4-2-3-13(12-5-6-19(23)24-9-12)20(15)22(21(25)26)10-27-16-8-18-17(7-14(16)22)28-11-29-18/h2-9H,10-11H2,1H3. The minimum absolute atomic E-state index is 0.0763. The van der Waals surface area contributed by atoms with Crippen molar-refractivity contribution in [3.8, 4) is 28.4 Å². The number of fused-ring (bicyclic) bond motifs is 5. The number of rotatable bonds is 1. The largest absolute Gasteiger partial charge is 0.491 e. The van der Waals surface area contributed by atoms with Crippen LogP contribution in [0.5, 0.6) is 17.2 Å². The van der Waals surface area contributed by atoms with Gasteiger partial charge in [0.1, 0.15) is 17.8 Å². The average Bonchev–Trinajstić information content (AvgIpc) is 3.40. The molecular formula is C22H15FN2O4. The van der Waals surface area contributed by atoms with Crippen molar-refractivity contribution >= 4 is 11.6 Å². The third-order valence-electron chi connectivity index (χ3n) is 5.92. The Bertz CT molecular complexity index is 1190. The summed E-state index contributed by atoms with van der Waals surface area (Å²) in [6.07, 6.45) is 1.48. The molecule has 7 heteroatoms. The van der Waals surface area contributed by atoms with Crippen LogP contribution in [0, 0.1) is 5.95 Å². The van der Waals surface area contributed by atoms with Gasteiger partial charge in [-0.25, -0.2) is 4.98 Å². The number of ether oxygens (including phenoxy) is 3. The maximum absolute atomic E-state index is 13.6. The summed E-state index contributed by atoms with van der Waals surface area (Å²) in [7, 11) is 1.76. The highest BCUT2D eigenvalue weighted by molar-refractivity contribution is 6.13. The normalized spacial score (nSPS) is 20.8. The number of carbonyl (C=O) groups excluding carboxylic acids is 1. The molecule has 0 radical (unpaired) electrons. The molecule has 4 heterocycles. The molecule has 0 saturated carbocycles. The van der Waals surface area contributed by atoms with Crippen LogP contribution in [0.1, 0.15) is 11.1 Å². The highest BCUT2D eigenvalue weighted by Crippen LogP contribution is 2.56. The lowest BCUT2D eigenvalue weighted by atomic mass is 9.74. The smallest absolute Gasteiger partial charge is 0.245 e. The highest BCUT2D eigenvalue weighted by atomic mass is 19.1. The first-order valence-electron chi connectivity index (χ1n) is 9.20. The van der Waals surface area contributed by atoms with E-state index in [0.717, 1.165) is 27.9 Å². The molecular weight excluding hydrogens is 375 g/mol. The summed E-state index contributed by atoms with van der Waals surface area (Å²) >= 11 is 0. The van der Waals surface area contributed by atoms with Crippen LogP contribution in [0.2, 0.25) is 0 Å². The van der Waals surface area contributed by atoms with E-state index in [1.54, 1.807) is 24.1 Å². The molecule has 0 aliphatic carbocycles. The van der Waals surface area contributed by atoms with Crippen molar-refractivity contribution in [3.05, 3.63) is 65.7 Å². The molecule has 6 nitrogen and oxygen atoms in total. The molecule has 1 amide bonds. The number of pyridine rings is 1. The third-order valence-corrected chi connectivity index (χ3v) is 5.92. The van der Waals surface area contributed by atoms with Gasteiger partial charge >= 0.3 is 0 Å². The number of halogens is 1. The molecule has 1 atom stereocenters. The Labute approximate surface area is 165 Å². The van der Waals surface area contributed by atoms with E-state index in [9.17, 15) is 9.18 Å². The van der Waals surface area contributed by atoms with Gasteiger partial charge in [-0.05, 0) is 29.8 Å². The minimum Gasteiger partial charge on any atom is -0.491 e.